The van der Waals surface area contributed by atoms with Crippen LogP contribution in [0.3, 0.4) is 0 Å². The van der Waals surface area contributed by atoms with Gasteiger partial charge in [0.25, 0.3) is 0 Å². The van der Waals surface area contributed by atoms with E-state index in [9.17, 15) is 0 Å². The Balaban J connectivity index is 3.42. The van der Waals surface area contributed by atoms with E-state index in [4.69, 9.17) is 5.53 Å². The SMILES string of the molecule is CCN([B]N=[N+]=[N-])CC. The molecule has 0 aromatic heterocycles. The lowest BCUT2D eigenvalue weighted by Crippen LogP contribution is -2.25. The largest absolute Gasteiger partial charge is 0.343 e. The van der Waals surface area contributed by atoms with E-state index in [0.717, 1.165) is 13.1 Å². The highest BCUT2D eigenvalue weighted by Gasteiger charge is 1.95. The molecule has 0 atom stereocenters. The van der Waals surface area contributed by atoms with Crippen molar-refractivity contribution in [3.05, 3.63) is 10.4 Å². The van der Waals surface area contributed by atoms with Crippen molar-refractivity contribution in [1.82, 2.24) is 4.81 Å². The Labute approximate surface area is 55.8 Å². The average molecular weight is 125 g/mol. The third-order valence-electron chi connectivity index (χ3n) is 1.08. The van der Waals surface area contributed by atoms with E-state index in [1.807, 2.05) is 18.7 Å². The first-order valence-electron chi connectivity index (χ1n) is 2.96. The molecule has 0 N–H and O–H groups in total. The number of hydrogen-bond acceptors (Lipinski definition) is 2. The number of rotatable bonds is 4. The van der Waals surface area contributed by atoms with Crippen molar-refractivity contribution < 1.29 is 0 Å². The molecule has 0 saturated carbocycles. The van der Waals surface area contributed by atoms with Crippen molar-refractivity contribution in [2.75, 3.05) is 13.1 Å². The summed E-state index contributed by atoms with van der Waals surface area (Å²) in [5.74, 6) is 0. The van der Waals surface area contributed by atoms with Gasteiger partial charge < -0.3 is 4.81 Å². The molecule has 0 aromatic carbocycles. The van der Waals surface area contributed by atoms with Gasteiger partial charge >= 0.3 is 7.55 Å². The summed E-state index contributed by atoms with van der Waals surface area (Å²) in [7, 11) is 1.50. The third-order valence-corrected chi connectivity index (χ3v) is 1.08. The summed E-state index contributed by atoms with van der Waals surface area (Å²) in [6, 6.07) is 0. The molecular formula is C4H10BN4. The van der Waals surface area contributed by atoms with Crippen molar-refractivity contribution in [2.24, 2.45) is 5.03 Å². The van der Waals surface area contributed by atoms with Gasteiger partial charge in [0, 0.05) is 0 Å². The van der Waals surface area contributed by atoms with Gasteiger partial charge in [0.2, 0.25) is 0 Å². The second-order valence-corrected chi connectivity index (χ2v) is 1.54. The fraction of sp³-hybridized carbons (Fsp3) is 1.00. The summed E-state index contributed by atoms with van der Waals surface area (Å²) in [4.78, 5) is 4.52. The van der Waals surface area contributed by atoms with E-state index in [-0.39, 0.29) is 0 Å². The Morgan fingerprint density at radius 3 is 2.44 bits per heavy atom. The van der Waals surface area contributed by atoms with E-state index >= 15 is 0 Å². The zero-order valence-corrected chi connectivity index (χ0v) is 5.78. The van der Waals surface area contributed by atoms with Gasteiger partial charge in [0.05, 0.1) is 0 Å². The van der Waals surface area contributed by atoms with Crippen LogP contribution in [0.1, 0.15) is 13.8 Å². The minimum absolute atomic E-state index is 0.884. The van der Waals surface area contributed by atoms with Crippen LogP contribution in [-0.2, 0) is 0 Å². The molecule has 0 amide bonds. The van der Waals surface area contributed by atoms with Gasteiger partial charge in [-0.15, -0.1) is 5.03 Å². The van der Waals surface area contributed by atoms with Gasteiger partial charge in [-0.05, 0) is 23.5 Å². The standard InChI is InChI=1S/C4H10BN4/c1-3-9(4-2)5-7-8-6/h3-4H2,1-2H3. The summed E-state index contributed by atoms with van der Waals surface area (Å²) >= 11 is 0. The first-order chi connectivity index (χ1) is 4.35. The maximum absolute atomic E-state index is 7.91. The maximum atomic E-state index is 7.91. The molecule has 9 heavy (non-hydrogen) atoms. The minimum atomic E-state index is 0.884. The lowest BCUT2D eigenvalue weighted by molar-refractivity contribution is 0.493. The number of nitrogens with zero attached hydrogens (tertiary/aromatic N) is 4. The van der Waals surface area contributed by atoms with Gasteiger partial charge in [0.1, 0.15) is 0 Å². The molecule has 0 aliphatic carbocycles. The highest BCUT2D eigenvalue weighted by Crippen LogP contribution is 1.82. The highest BCUT2D eigenvalue weighted by atomic mass is 15.2. The summed E-state index contributed by atoms with van der Waals surface area (Å²) in [5, 5.41) is 3.30. The summed E-state index contributed by atoms with van der Waals surface area (Å²) in [6.07, 6.45) is 0. The Morgan fingerprint density at radius 2 is 2.11 bits per heavy atom. The second kappa shape index (κ2) is 5.47. The molecule has 0 aliphatic rings. The van der Waals surface area contributed by atoms with Gasteiger partial charge in [-0.2, -0.15) is 0 Å². The second-order valence-electron chi connectivity index (χ2n) is 1.54. The molecule has 0 unspecified atom stereocenters. The molecule has 0 bridgehead atoms. The molecular weight excluding hydrogens is 115 g/mol. The Hall–Kier alpha value is -0.665. The van der Waals surface area contributed by atoms with Crippen molar-refractivity contribution >= 4 is 7.55 Å². The van der Waals surface area contributed by atoms with Crippen molar-refractivity contribution in [1.29, 1.82) is 0 Å². The first kappa shape index (κ1) is 8.33. The Bertz CT molecular complexity index is 105. The first-order valence-corrected chi connectivity index (χ1v) is 2.96. The molecule has 49 valence electrons. The molecule has 4 nitrogen and oxygen atoms in total. The van der Waals surface area contributed by atoms with Crippen LogP contribution >= 0.6 is 0 Å². The molecule has 0 aliphatic heterocycles. The van der Waals surface area contributed by atoms with Crippen molar-refractivity contribution in [2.45, 2.75) is 13.8 Å². The predicted molar refractivity (Wildman–Crippen MR) is 37.8 cm³/mol. The van der Waals surface area contributed by atoms with Crippen LogP contribution in [0.15, 0.2) is 5.03 Å². The van der Waals surface area contributed by atoms with E-state index in [1.54, 1.807) is 0 Å². The van der Waals surface area contributed by atoms with E-state index in [2.05, 4.69) is 9.94 Å². The third kappa shape index (κ3) is 3.88. The Kier molecular flexibility index (Phi) is 5.07. The number of azide groups is 1. The zero-order chi connectivity index (χ0) is 7.11. The summed E-state index contributed by atoms with van der Waals surface area (Å²) in [5.41, 5.74) is 7.91. The lowest BCUT2D eigenvalue weighted by Gasteiger charge is -2.12. The van der Waals surface area contributed by atoms with Crippen LogP contribution in [0, 0.1) is 0 Å². The van der Waals surface area contributed by atoms with Crippen LogP contribution in [-0.4, -0.2) is 25.4 Å². The van der Waals surface area contributed by atoms with Gasteiger partial charge in [-0.3, -0.25) is 0 Å². The molecule has 0 rings (SSSR count). The van der Waals surface area contributed by atoms with Crippen molar-refractivity contribution in [3.63, 3.8) is 0 Å². The molecule has 0 fully saturated rings. The van der Waals surface area contributed by atoms with E-state index in [0.29, 0.717) is 0 Å². The average Bonchev–Trinajstić information content (AvgIpc) is 1.91. The van der Waals surface area contributed by atoms with Crippen LogP contribution in [0.4, 0.5) is 0 Å². The van der Waals surface area contributed by atoms with Crippen LogP contribution in [0.25, 0.3) is 10.4 Å². The van der Waals surface area contributed by atoms with Crippen LogP contribution < -0.4 is 0 Å². The maximum Gasteiger partial charge on any atom is 0.315 e. The number of hydrogen-bond donors (Lipinski definition) is 0. The van der Waals surface area contributed by atoms with Gasteiger partial charge in [-0.25, -0.2) is 0 Å². The summed E-state index contributed by atoms with van der Waals surface area (Å²) in [6.45, 7) is 5.78. The molecule has 5 heteroatoms. The monoisotopic (exact) mass is 125 g/mol. The minimum Gasteiger partial charge on any atom is -0.343 e. The molecule has 0 spiro atoms. The fourth-order valence-corrected chi connectivity index (χ4v) is 0.483. The van der Waals surface area contributed by atoms with E-state index < -0.39 is 0 Å². The van der Waals surface area contributed by atoms with Crippen LogP contribution in [0.2, 0.25) is 0 Å². The van der Waals surface area contributed by atoms with Gasteiger partial charge in [0.15, 0.2) is 0 Å². The van der Waals surface area contributed by atoms with Crippen LogP contribution in [0.5, 0.6) is 0 Å². The molecule has 1 radical (unpaired) electrons. The quantitative estimate of drug-likeness (QED) is 0.241. The molecule has 0 saturated heterocycles. The predicted octanol–water partition coefficient (Wildman–Crippen LogP) is 1.17. The fourth-order valence-electron chi connectivity index (χ4n) is 0.483. The van der Waals surface area contributed by atoms with Gasteiger partial charge in [-0.1, -0.05) is 13.8 Å². The zero-order valence-electron chi connectivity index (χ0n) is 5.78. The summed E-state index contributed by atoms with van der Waals surface area (Å²) < 4.78 is 0. The molecule has 0 heterocycles. The smallest absolute Gasteiger partial charge is 0.315 e. The lowest BCUT2D eigenvalue weighted by atomic mass is 10.1. The van der Waals surface area contributed by atoms with E-state index in [1.165, 1.54) is 7.55 Å². The topological polar surface area (TPSA) is 52.0 Å². The molecule has 0 aromatic rings. The normalized spacial score (nSPS) is 8.78. The van der Waals surface area contributed by atoms with Crippen molar-refractivity contribution in [3.8, 4) is 0 Å². The highest BCUT2D eigenvalue weighted by molar-refractivity contribution is 6.29. The Morgan fingerprint density at radius 1 is 1.56 bits per heavy atom.